The monoisotopic (exact) mass is 313 g/mol. The van der Waals surface area contributed by atoms with Gasteiger partial charge in [-0.1, -0.05) is 40.5 Å². The Kier molecular flexibility index (Phi) is 6.74. The van der Waals surface area contributed by atoms with Crippen molar-refractivity contribution in [3.05, 3.63) is 0 Å². The first-order valence-corrected chi connectivity index (χ1v) is 10.4. The van der Waals surface area contributed by atoms with Gasteiger partial charge in [0.1, 0.15) is 0 Å². The summed E-state index contributed by atoms with van der Waals surface area (Å²) in [6.07, 6.45) is 8.62. The molecule has 0 radical (unpaired) electrons. The van der Waals surface area contributed by atoms with E-state index in [4.69, 9.17) is 0 Å². The molecule has 21 heavy (non-hydrogen) atoms. The van der Waals surface area contributed by atoms with Crippen LogP contribution in [0.25, 0.3) is 0 Å². The Bertz CT molecular complexity index is 346. The van der Waals surface area contributed by atoms with Crippen LogP contribution in [0.2, 0.25) is 0 Å². The lowest BCUT2D eigenvalue weighted by atomic mass is 9.80. The first kappa shape index (κ1) is 17.5. The molecule has 0 aromatic rings. The number of hydrogen-bond acceptors (Lipinski definition) is 2. The molecule has 0 amide bonds. The fourth-order valence-electron chi connectivity index (χ4n) is 4.56. The summed E-state index contributed by atoms with van der Waals surface area (Å²) >= 11 is 0. The van der Waals surface area contributed by atoms with Gasteiger partial charge in [-0.15, -0.1) is 0 Å². The normalized spacial score (nSPS) is 42.7. The molecule has 7 atom stereocenters. The number of rotatable bonds is 5. The van der Waals surface area contributed by atoms with Gasteiger partial charge in [0, 0.05) is 22.1 Å². The third-order valence-electron chi connectivity index (χ3n) is 5.53. The van der Waals surface area contributed by atoms with Gasteiger partial charge in [-0.3, -0.25) is 4.21 Å². The second-order valence-electron chi connectivity index (χ2n) is 7.80. The van der Waals surface area contributed by atoms with Crippen LogP contribution in [0.15, 0.2) is 0 Å². The topological polar surface area (TPSA) is 29.1 Å². The Morgan fingerprint density at radius 1 is 1.05 bits per heavy atom. The Morgan fingerprint density at radius 2 is 1.81 bits per heavy atom. The van der Waals surface area contributed by atoms with Gasteiger partial charge >= 0.3 is 0 Å². The van der Waals surface area contributed by atoms with Crippen molar-refractivity contribution in [2.45, 2.75) is 89.2 Å². The minimum atomic E-state index is -0.655. The molecule has 124 valence electrons. The highest BCUT2D eigenvalue weighted by Gasteiger charge is 2.40. The molecule has 2 aliphatic carbocycles. The zero-order valence-corrected chi connectivity index (χ0v) is 15.3. The predicted molar refractivity (Wildman–Crippen MR) is 93.0 cm³/mol. The minimum Gasteiger partial charge on any atom is -0.313 e. The van der Waals surface area contributed by atoms with Gasteiger partial charge in [-0.25, -0.2) is 0 Å². The van der Waals surface area contributed by atoms with Crippen LogP contribution >= 0.6 is 0 Å². The van der Waals surface area contributed by atoms with E-state index >= 15 is 0 Å². The average molecular weight is 314 g/mol. The maximum absolute atomic E-state index is 13.3. The van der Waals surface area contributed by atoms with E-state index in [1.165, 1.54) is 44.9 Å². The summed E-state index contributed by atoms with van der Waals surface area (Å²) in [6, 6.07) is 0.474. The molecule has 1 N–H and O–H groups in total. The molecule has 0 spiro atoms. The van der Waals surface area contributed by atoms with Crippen molar-refractivity contribution in [1.29, 1.82) is 0 Å². The molecule has 0 aromatic heterocycles. The molecule has 0 bridgehead atoms. The average Bonchev–Trinajstić information content (AvgIpc) is 2.44. The van der Waals surface area contributed by atoms with Gasteiger partial charge in [-0.05, 0) is 56.4 Å². The molecule has 0 aliphatic heterocycles. The van der Waals surface area contributed by atoms with Crippen molar-refractivity contribution < 1.29 is 4.21 Å². The summed E-state index contributed by atoms with van der Waals surface area (Å²) in [7, 11) is -0.655. The molecule has 2 nitrogen and oxygen atoms in total. The highest BCUT2D eigenvalue weighted by molar-refractivity contribution is 7.86. The van der Waals surface area contributed by atoms with Crippen molar-refractivity contribution in [2.75, 3.05) is 6.54 Å². The largest absolute Gasteiger partial charge is 0.313 e. The van der Waals surface area contributed by atoms with Gasteiger partial charge in [0.15, 0.2) is 0 Å². The lowest BCUT2D eigenvalue weighted by Gasteiger charge is -2.42. The van der Waals surface area contributed by atoms with Crippen LogP contribution in [-0.2, 0) is 10.8 Å². The third-order valence-corrected chi connectivity index (χ3v) is 7.94. The van der Waals surface area contributed by atoms with Crippen molar-refractivity contribution in [1.82, 2.24) is 5.32 Å². The van der Waals surface area contributed by atoms with Crippen LogP contribution in [0.5, 0.6) is 0 Å². The van der Waals surface area contributed by atoms with Gasteiger partial charge in [-0.2, -0.15) is 0 Å². The van der Waals surface area contributed by atoms with Gasteiger partial charge in [0.25, 0.3) is 0 Å². The molecule has 3 heteroatoms. The van der Waals surface area contributed by atoms with Crippen LogP contribution in [0.1, 0.15) is 72.6 Å². The van der Waals surface area contributed by atoms with Crippen molar-refractivity contribution in [3.8, 4) is 0 Å². The Labute approximate surface area is 134 Å². The van der Waals surface area contributed by atoms with Crippen LogP contribution in [0.3, 0.4) is 0 Å². The second kappa shape index (κ2) is 8.10. The van der Waals surface area contributed by atoms with Crippen LogP contribution < -0.4 is 5.32 Å². The standard InChI is InChI=1S/C18H35NOS/c1-5-9-19-17-12-14(3)10-15(4)18(17)21(20)16-8-6-7-13(2)11-16/h13-19H,5-12H2,1-4H3. The van der Waals surface area contributed by atoms with Gasteiger partial charge in [0.05, 0.1) is 5.25 Å². The van der Waals surface area contributed by atoms with Crippen molar-refractivity contribution >= 4 is 10.8 Å². The van der Waals surface area contributed by atoms with Gasteiger partial charge < -0.3 is 5.32 Å². The summed E-state index contributed by atoms with van der Waals surface area (Å²) < 4.78 is 13.3. The molecule has 0 aromatic carbocycles. The molecule has 2 aliphatic rings. The van der Waals surface area contributed by atoms with E-state index in [2.05, 4.69) is 33.0 Å². The molecule has 2 rings (SSSR count). The fraction of sp³-hybridized carbons (Fsp3) is 1.00. The van der Waals surface area contributed by atoms with E-state index < -0.39 is 10.8 Å². The number of hydrogen-bond donors (Lipinski definition) is 1. The molecule has 0 saturated heterocycles. The second-order valence-corrected chi connectivity index (χ2v) is 9.67. The first-order valence-electron chi connectivity index (χ1n) is 9.15. The molecular weight excluding hydrogens is 278 g/mol. The Morgan fingerprint density at radius 3 is 2.48 bits per heavy atom. The Hall–Kier alpha value is 0.110. The molecule has 2 saturated carbocycles. The summed E-state index contributed by atoms with van der Waals surface area (Å²) in [6.45, 7) is 10.3. The zero-order valence-electron chi connectivity index (χ0n) is 14.4. The summed E-state index contributed by atoms with van der Waals surface area (Å²) in [5.41, 5.74) is 0. The summed E-state index contributed by atoms with van der Waals surface area (Å²) in [4.78, 5) is 0. The lowest BCUT2D eigenvalue weighted by molar-refractivity contribution is 0.244. The first-order chi connectivity index (χ1) is 10.0. The van der Waals surface area contributed by atoms with Crippen LogP contribution in [0.4, 0.5) is 0 Å². The smallest absolute Gasteiger partial charge is 0.0529 e. The van der Waals surface area contributed by atoms with E-state index in [1.54, 1.807) is 0 Å². The lowest BCUT2D eigenvalue weighted by Crippen LogP contribution is -2.52. The van der Waals surface area contributed by atoms with Crippen molar-refractivity contribution in [2.24, 2.45) is 17.8 Å². The SMILES string of the molecule is CCCNC1CC(C)CC(C)C1S(=O)C1CCCC(C)C1. The van der Waals surface area contributed by atoms with E-state index in [0.717, 1.165) is 18.4 Å². The maximum atomic E-state index is 13.3. The van der Waals surface area contributed by atoms with E-state index in [0.29, 0.717) is 22.5 Å². The molecule has 7 unspecified atom stereocenters. The fourth-order valence-corrected chi connectivity index (χ4v) is 7.02. The zero-order chi connectivity index (χ0) is 15.4. The Balaban J connectivity index is 2.06. The van der Waals surface area contributed by atoms with Gasteiger partial charge in [0.2, 0.25) is 0 Å². The molecule has 0 heterocycles. The highest BCUT2D eigenvalue weighted by atomic mass is 32.2. The summed E-state index contributed by atoms with van der Waals surface area (Å²) in [5, 5.41) is 4.56. The molecular formula is C18H35NOS. The predicted octanol–water partition coefficient (Wildman–Crippen LogP) is 4.12. The van der Waals surface area contributed by atoms with Crippen LogP contribution in [-0.4, -0.2) is 27.3 Å². The summed E-state index contributed by atoms with van der Waals surface area (Å²) in [5.74, 6) is 2.14. The highest BCUT2D eigenvalue weighted by Crippen LogP contribution is 2.36. The van der Waals surface area contributed by atoms with E-state index in [-0.39, 0.29) is 0 Å². The van der Waals surface area contributed by atoms with E-state index in [1.807, 2.05) is 0 Å². The van der Waals surface area contributed by atoms with Crippen molar-refractivity contribution in [3.63, 3.8) is 0 Å². The minimum absolute atomic E-state index is 0.378. The van der Waals surface area contributed by atoms with Crippen LogP contribution in [0, 0.1) is 17.8 Å². The number of nitrogens with one attached hydrogen (secondary N) is 1. The van der Waals surface area contributed by atoms with E-state index in [9.17, 15) is 4.21 Å². The quantitative estimate of drug-likeness (QED) is 0.827. The molecule has 2 fully saturated rings. The third kappa shape index (κ3) is 4.54. The maximum Gasteiger partial charge on any atom is 0.0529 e.